The van der Waals surface area contributed by atoms with Crippen molar-refractivity contribution in [3.05, 3.63) is 0 Å². The molecule has 1 heterocycles. The van der Waals surface area contributed by atoms with Gasteiger partial charge in [0.2, 0.25) is 0 Å². The van der Waals surface area contributed by atoms with Crippen molar-refractivity contribution in [2.45, 2.75) is 45.7 Å². The Morgan fingerprint density at radius 3 is 2.13 bits per heavy atom. The van der Waals surface area contributed by atoms with E-state index >= 15 is 0 Å². The average molecular weight is 212 g/mol. The SMILES string of the molecule is C.CC(C)(C)NC1(C#N)CC[N+](C)(C)C1. The molecule has 1 aliphatic heterocycles. The molecule has 0 saturated carbocycles. The first-order valence-corrected chi connectivity index (χ1v) is 5.21. The number of nitriles is 1. The Balaban J connectivity index is 0.00000196. The summed E-state index contributed by atoms with van der Waals surface area (Å²) in [6, 6.07) is 2.46. The monoisotopic (exact) mass is 212 g/mol. The van der Waals surface area contributed by atoms with Crippen LogP contribution in [0.5, 0.6) is 0 Å². The second kappa shape index (κ2) is 4.11. The summed E-state index contributed by atoms with van der Waals surface area (Å²) in [6.07, 6.45) is 0.952. The number of rotatable bonds is 1. The fourth-order valence-electron chi connectivity index (χ4n) is 2.32. The molecule has 1 aliphatic rings. The van der Waals surface area contributed by atoms with Gasteiger partial charge in [-0.2, -0.15) is 5.26 Å². The molecule has 0 aromatic carbocycles. The van der Waals surface area contributed by atoms with E-state index in [0.29, 0.717) is 0 Å². The van der Waals surface area contributed by atoms with Gasteiger partial charge >= 0.3 is 0 Å². The highest BCUT2D eigenvalue weighted by atomic mass is 15.4. The van der Waals surface area contributed by atoms with E-state index in [4.69, 9.17) is 0 Å². The number of nitrogens with one attached hydrogen (secondary N) is 1. The van der Waals surface area contributed by atoms with Gasteiger partial charge in [0.15, 0.2) is 5.54 Å². The molecule has 0 radical (unpaired) electrons. The van der Waals surface area contributed by atoms with Gasteiger partial charge in [0, 0.05) is 12.0 Å². The van der Waals surface area contributed by atoms with Crippen LogP contribution >= 0.6 is 0 Å². The van der Waals surface area contributed by atoms with Crippen LogP contribution < -0.4 is 5.32 Å². The van der Waals surface area contributed by atoms with E-state index < -0.39 is 0 Å². The molecule has 0 spiro atoms. The van der Waals surface area contributed by atoms with Crippen LogP contribution in [0.4, 0.5) is 0 Å². The Hall–Kier alpha value is -0.590. The second-order valence-electron chi connectivity index (χ2n) is 6.14. The molecule has 88 valence electrons. The van der Waals surface area contributed by atoms with Gasteiger partial charge in [-0.15, -0.1) is 0 Å². The number of nitrogens with zero attached hydrogens (tertiary/aromatic N) is 2. The number of quaternary nitrogens is 1. The first-order valence-electron chi connectivity index (χ1n) is 5.21. The first-order chi connectivity index (χ1) is 6.18. The van der Waals surface area contributed by atoms with E-state index in [0.717, 1.165) is 24.0 Å². The Morgan fingerprint density at radius 1 is 1.33 bits per heavy atom. The highest BCUT2D eigenvalue weighted by Crippen LogP contribution is 2.26. The van der Waals surface area contributed by atoms with E-state index in [1.807, 2.05) is 0 Å². The normalized spacial score (nSPS) is 29.3. The van der Waals surface area contributed by atoms with Crippen molar-refractivity contribution in [1.82, 2.24) is 5.32 Å². The van der Waals surface area contributed by atoms with Crippen LogP contribution in [0.15, 0.2) is 0 Å². The molecule has 0 amide bonds. The highest BCUT2D eigenvalue weighted by molar-refractivity contribution is 5.11. The number of hydrogen-bond donors (Lipinski definition) is 1. The maximum atomic E-state index is 9.29. The summed E-state index contributed by atoms with van der Waals surface area (Å²) in [6.45, 7) is 8.33. The lowest BCUT2D eigenvalue weighted by molar-refractivity contribution is -0.879. The summed E-state index contributed by atoms with van der Waals surface area (Å²) in [5, 5.41) is 12.7. The maximum Gasteiger partial charge on any atom is 0.161 e. The lowest BCUT2D eigenvalue weighted by Crippen LogP contribution is -2.56. The van der Waals surface area contributed by atoms with Crippen LogP contribution in [0.25, 0.3) is 0 Å². The van der Waals surface area contributed by atoms with Gasteiger partial charge in [0.25, 0.3) is 0 Å². The topological polar surface area (TPSA) is 35.8 Å². The molecule has 0 aromatic rings. The van der Waals surface area contributed by atoms with Crippen LogP contribution in [-0.2, 0) is 0 Å². The number of likely N-dealkylation sites (tertiary alicyclic amines) is 1. The Labute approximate surface area is 94.7 Å². The Morgan fingerprint density at radius 2 is 1.87 bits per heavy atom. The van der Waals surface area contributed by atoms with Gasteiger partial charge in [0.05, 0.1) is 26.7 Å². The molecule has 0 aromatic heterocycles. The zero-order valence-electron chi connectivity index (χ0n) is 10.0. The third-order valence-corrected chi connectivity index (χ3v) is 2.67. The van der Waals surface area contributed by atoms with Crippen LogP contribution in [0.2, 0.25) is 0 Å². The van der Waals surface area contributed by atoms with Gasteiger partial charge in [-0.25, -0.2) is 0 Å². The molecular formula is C12H26N3+. The van der Waals surface area contributed by atoms with Gasteiger partial charge < -0.3 is 4.48 Å². The van der Waals surface area contributed by atoms with E-state index in [9.17, 15) is 5.26 Å². The minimum atomic E-state index is -0.318. The van der Waals surface area contributed by atoms with Gasteiger partial charge in [0.1, 0.15) is 6.54 Å². The van der Waals surface area contributed by atoms with Crippen LogP contribution in [0.3, 0.4) is 0 Å². The third-order valence-electron chi connectivity index (χ3n) is 2.67. The molecule has 1 fully saturated rings. The van der Waals surface area contributed by atoms with E-state index in [2.05, 4.69) is 46.3 Å². The zero-order chi connectivity index (χ0) is 11.0. The van der Waals surface area contributed by atoms with Gasteiger partial charge in [-0.1, -0.05) is 7.43 Å². The lowest BCUT2D eigenvalue weighted by atomic mass is 9.95. The van der Waals surface area contributed by atoms with E-state index in [1.54, 1.807) is 0 Å². The molecule has 1 N–H and O–H groups in total. The average Bonchev–Trinajstić information content (AvgIpc) is 2.24. The van der Waals surface area contributed by atoms with Crippen molar-refractivity contribution < 1.29 is 4.48 Å². The highest BCUT2D eigenvalue weighted by Gasteiger charge is 2.46. The lowest BCUT2D eigenvalue weighted by Gasteiger charge is -2.32. The van der Waals surface area contributed by atoms with Crippen molar-refractivity contribution in [3.63, 3.8) is 0 Å². The minimum absolute atomic E-state index is 0. The molecule has 0 aliphatic carbocycles. The molecule has 3 nitrogen and oxygen atoms in total. The predicted octanol–water partition coefficient (Wildman–Crippen LogP) is 1.75. The van der Waals surface area contributed by atoms with Gasteiger partial charge in [-0.05, 0) is 20.8 Å². The number of hydrogen-bond acceptors (Lipinski definition) is 2. The Kier molecular flexibility index (Phi) is 3.95. The molecule has 1 rings (SSSR count). The fourth-order valence-corrected chi connectivity index (χ4v) is 2.32. The summed E-state index contributed by atoms with van der Waals surface area (Å²) in [7, 11) is 4.37. The molecule has 0 bridgehead atoms. The van der Waals surface area contributed by atoms with Crippen LogP contribution in [0.1, 0.15) is 34.6 Å². The molecule has 1 saturated heterocycles. The van der Waals surface area contributed by atoms with Crippen molar-refractivity contribution in [2.24, 2.45) is 0 Å². The predicted molar refractivity (Wildman–Crippen MR) is 64.4 cm³/mol. The third kappa shape index (κ3) is 3.81. The summed E-state index contributed by atoms with van der Waals surface area (Å²) >= 11 is 0. The fraction of sp³-hybridized carbons (Fsp3) is 0.917. The summed E-state index contributed by atoms with van der Waals surface area (Å²) in [4.78, 5) is 0. The largest absolute Gasteiger partial charge is 0.326 e. The van der Waals surface area contributed by atoms with Crippen molar-refractivity contribution in [3.8, 4) is 6.07 Å². The quantitative estimate of drug-likeness (QED) is 0.672. The minimum Gasteiger partial charge on any atom is -0.326 e. The summed E-state index contributed by atoms with van der Waals surface area (Å²) in [5.41, 5.74) is -0.304. The zero-order valence-corrected chi connectivity index (χ0v) is 10.0. The second-order valence-corrected chi connectivity index (χ2v) is 6.14. The van der Waals surface area contributed by atoms with Crippen molar-refractivity contribution in [2.75, 3.05) is 27.2 Å². The molecular weight excluding hydrogens is 186 g/mol. The smallest absolute Gasteiger partial charge is 0.161 e. The molecule has 1 atom stereocenters. The number of likely N-dealkylation sites (N-methyl/N-ethyl adjacent to an activating group) is 1. The summed E-state index contributed by atoms with van der Waals surface area (Å²) < 4.78 is 0.941. The van der Waals surface area contributed by atoms with E-state index in [1.165, 1.54) is 0 Å². The molecule has 15 heavy (non-hydrogen) atoms. The van der Waals surface area contributed by atoms with Crippen molar-refractivity contribution in [1.29, 1.82) is 5.26 Å². The molecule has 1 unspecified atom stereocenters. The van der Waals surface area contributed by atoms with Crippen molar-refractivity contribution >= 4 is 0 Å². The van der Waals surface area contributed by atoms with Crippen LogP contribution in [-0.4, -0.2) is 42.7 Å². The molecule has 3 heteroatoms. The van der Waals surface area contributed by atoms with Gasteiger partial charge in [-0.3, -0.25) is 5.32 Å². The standard InChI is InChI=1S/C11H22N3.CH4/c1-10(2,3)13-11(8-12)6-7-14(4,5)9-11;/h13H,6-7,9H2,1-5H3;1H4/q+1;. The van der Waals surface area contributed by atoms with E-state index in [-0.39, 0.29) is 18.5 Å². The Bertz CT molecular complexity index is 257. The summed E-state index contributed by atoms with van der Waals surface area (Å²) in [5.74, 6) is 0. The maximum absolute atomic E-state index is 9.29. The first kappa shape index (κ1) is 14.4. The van der Waals surface area contributed by atoms with Crippen LogP contribution in [0, 0.1) is 11.3 Å².